The van der Waals surface area contributed by atoms with Crippen LogP contribution < -0.4 is 0 Å². The molecule has 1 unspecified atom stereocenters. The first-order valence-corrected chi connectivity index (χ1v) is 8.16. The molecule has 1 aliphatic heterocycles. The zero-order valence-corrected chi connectivity index (χ0v) is 14.6. The number of hydrogen-bond donors (Lipinski definition) is 1. The molecule has 0 radical (unpaired) electrons. The molecule has 24 heavy (non-hydrogen) atoms. The summed E-state index contributed by atoms with van der Waals surface area (Å²) in [4.78, 5) is 27.7. The van der Waals surface area contributed by atoms with Gasteiger partial charge in [-0.05, 0) is 37.4 Å². The van der Waals surface area contributed by atoms with Crippen LogP contribution in [0.5, 0.6) is 0 Å². The van der Waals surface area contributed by atoms with Gasteiger partial charge in [0.2, 0.25) is 5.91 Å². The Morgan fingerprint density at radius 1 is 1.38 bits per heavy atom. The summed E-state index contributed by atoms with van der Waals surface area (Å²) in [5, 5.41) is 9.64. The monoisotopic (exact) mass is 334 g/mol. The lowest BCUT2D eigenvalue weighted by Crippen LogP contribution is -2.56. The number of aliphatic carboxylic acids is 1. The van der Waals surface area contributed by atoms with Gasteiger partial charge in [0.15, 0.2) is 0 Å². The van der Waals surface area contributed by atoms with Crippen LogP contribution in [0.2, 0.25) is 0 Å². The molecule has 1 aromatic rings. The van der Waals surface area contributed by atoms with E-state index in [1.54, 1.807) is 16.8 Å². The third-order valence-electron chi connectivity index (χ3n) is 4.83. The Labute approximate surface area is 143 Å². The van der Waals surface area contributed by atoms with E-state index in [9.17, 15) is 14.7 Å². The number of carbonyl (C=O) groups is 2. The summed E-state index contributed by atoms with van der Waals surface area (Å²) in [7, 11) is 3.25. The highest BCUT2D eigenvalue weighted by Crippen LogP contribution is 2.30. The van der Waals surface area contributed by atoms with Crippen molar-refractivity contribution in [3.63, 3.8) is 0 Å². The second kappa shape index (κ2) is 7.77. The van der Waals surface area contributed by atoms with Gasteiger partial charge in [0.25, 0.3) is 0 Å². The van der Waals surface area contributed by atoms with E-state index in [0.29, 0.717) is 19.5 Å². The topological polar surface area (TPSA) is 70.1 Å². The smallest absolute Gasteiger partial charge is 0.326 e. The maximum atomic E-state index is 12.6. The van der Waals surface area contributed by atoms with Gasteiger partial charge in [-0.15, -0.1) is 0 Å². The summed E-state index contributed by atoms with van der Waals surface area (Å²) in [6.07, 6.45) is 1.26. The van der Waals surface area contributed by atoms with Crippen LogP contribution in [-0.2, 0) is 20.9 Å². The number of hydrogen-bond acceptors (Lipinski definition) is 4. The molecule has 0 aromatic heterocycles. The molecule has 1 heterocycles. The van der Waals surface area contributed by atoms with Crippen LogP contribution in [0.1, 0.15) is 24.0 Å². The summed E-state index contributed by atoms with van der Waals surface area (Å²) >= 11 is 0. The molecule has 1 amide bonds. The zero-order valence-electron chi connectivity index (χ0n) is 14.6. The molecular formula is C18H26N2O4. The third-order valence-corrected chi connectivity index (χ3v) is 4.83. The number of carboxylic acid groups (broad SMARTS) is 1. The molecule has 1 aromatic carbocycles. The lowest BCUT2D eigenvalue weighted by Gasteiger charge is -2.34. The van der Waals surface area contributed by atoms with Gasteiger partial charge in [-0.2, -0.15) is 0 Å². The van der Waals surface area contributed by atoms with Gasteiger partial charge in [0.1, 0.15) is 5.54 Å². The summed E-state index contributed by atoms with van der Waals surface area (Å²) in [6.45, 7) is 3.32. The minimum atomic E-state index is -1.09. The van der Waals surface area contributed by atoms with E-state index in [1.807, 2.05) is 31.2 Å². The van der Waals surface area contributed by atoms with E-state index >= 15 is 0 Å². The quantitative estimate of drug-likeness (QED) is 0.819. The molecule has 0 saturated carbocycles. The summed E-state index contributed by atoms with van der Waals surface area (Å²) in [6, 6.07) is 7.94. The molecule has 0 bridgehead atoms. The van der Waals surface area contributed by atoms with Crippen LogP contribution in [0, 0.1) is 6.92 Å². The van der Waals surface area contributed by atoms with Crippen molar-refractivity contribution in [2.24, 2.45) is 0 Å². The third kappa shape index (κ3) is 3.76. The van der Waals surface area contributed by atoms with Gasteiger partial charge in [0.05, 0.1) is 13.2 Å². The molecule has 132 valence electrons. The van der Waals surface area contributed by atoms with Gasteiger partial charge < -0.3 is 14.7 Å². The number of carbonyl (C=O) groups excluding carboxylic acids is 1. The van der Waals surface area contributed by atoms with Crippen LogP contribution in [0.4, 0.5) is 0 Å². The van der Waals surface area contributed by atoms with Crippen LogP contribution in [-0.4, -0.2) is 66.2 Å². The largest absolute Gasteiger partial charge is 0.480 e. The van der Waals surface area contributed by atoms with Crippen molar-refractivity contribution >= 4 is 11.9 Å². The van der Waals surface area contributed by atoms with Crippen LogP contribution in [0.3, 0.4) is 0 Å². The molecule has 1 atom stereocenters. The molecule has 1 saturated heterocycles. The number of methoxy groups -OCH3 is 1. The standard InChI is InChI=1S/C18H26N2O4/c1-14-7-4-5-8-15(14)11-19(2)16(21)12-20-10-6-9-18(20,13-24-3)17(22)23/h4-5,7-8H,6,9-13H2,1-3H3,(H,22,23). The van der Waals surface area contributed by atoms with Crippen molar-refractivity contribution in [3.8, 4) is 0 Å². The van der Waals surface area contributed by atoms with Crippen LogP contribution >= 0.6 is 0 Å². The molecule has 6 heteroatoms. The summed E-state index contributed by atoms with van der Waals surface area (Å²) in [5.41, 5.74) is 1.14. The van der Waals surface area contributed by atoms with E-state index in [4.69, 9.17) is 4.74 Å². The number of nitrogens with zero attached hydrogens (tertiary/aromatic N) is 2. The molecule has 2 rings (SSSR count). The fourth-order valence-electron chi connectivity index (χ4n) is 3.29. The predicted octanol–water partition coefficient (Wildman–Crippen LogP) is 1.52. The molecule has 6 nitrogen and oxygen atoms in total. The van der Waals surface area contributed by atoms with Gasteiger partial charge in [-0.3, -0.25) is 14.5 Å². The Morgan fingerprint density at radius 2 is 2.08 bits per heavy atom. The molecule has 0 aliphatic carbocycles. The van der Waals surface area contributed by atoms with E-state index in [-0.39, 0.29) is 19.1 Å². The number of rotatable bonds is 7. The Balaban J connectivity index is 2.05. The Kier molecular flexibility index (Phi) is 5.96. The minimum absolute atomic E-state index is 0.0816. The van der Waals surface area contributed by atoms with Crippen LogP contribution in [0.15, 0.2) is 24.3 Å². The maximum absolute atomic E-state index is 12.6. The highest BCUT2D eigenvalue weighted by molar-refractivity contribution is 5.82. The average Bonchev–Trinajstić information content (AvgIpc) is 2.93. The Morgan fingerprint density at radius 3 is 2.71 bits per heavy atom. The molecule has 1 N–H and O–H groups in total. The van der Waals surface area contributed by atoms with Gasteiger partial charge in [0, 0.05) is 20.7 Å². The van der Waals surface area contributed by atoms with Crippen molar-refractivity contribution in [2.75, 3.05) is 33.9 Å². The number of likely N-dealkylation sites (N-methyl/N-ethyl adjacent to an activating group) is 1. The van der Waals surface area contributed by atoms with E-state index < -0.39 is 11.5 Å². The van der Waals surface area contributed by atoms with E-state index in [1.165, 1.54) is 7.11 Å². The molecule has 1 aliphatic rings. The second-order valence-corrected chi connectivity index (χ2v) is 6.47. The second-order valence-electron chi connectivity index (χ2n) is 6.47. The molecular weight excluding hydrogens is 308 g/mol. The number of ether oxygens (including phenoxy) is 1. The first-order chi connectivity index (χ1) is 11.4. The highest BCUT2D eigenvalue weighted by Gasteiger charge is 2.48. The summed E-state index contributed by atoms with van der Waals surface area (Å²) in [5.74, 6) is -1.00. The maximum Gasteiger partial charge on any atom is 0.326 e. The number of likely N-dealkylation sites (tertiary alicyclic amines) is 1. The molecule has 1 fully saturated rings. The Hall–Kier alpha value is -1.92. The van der Waals surface area contributed by atoms with Crippen molar-refractivity contribution < 1.29 is 19.4 Å². The highest BCUT2D eigenvalue weighted by atomic mass is 16.5. The minimum Gasteiger partial charge on any atom is -0.480 e. The van der Waals surface area contributed by atoms with Crippen molar-refractivity contribution in [1.82, 2.24) is 9.80 Å². The number of carboxylic acids is 1. The fourth-order valence-corrected chi connectivity index (χ4v) is 3.29. The Bertz CT molecular complexity index is 604. The lowest BCUT2D eigenvalue weighted by atomic mass is 9.97. The number of benzene rings is 1. The van der Waals surface area contributed by atoms with Crippen molar-refractivity contribution in [1.29, 1.82) is 0 Å². The van der Waals surface area contributed by atoms with Crippen LogP contribution in [0.25, 0.3) is 0 Å². The first-order valence-electron chi connectivity index (χ1n) is 8.16. The number of amides is 1. The van der Waals surface area contributed by atoms with Gasteiger partial charge in [-0.1, -0.05) is 24.3 Å². The predicted molar refractivity (Wildman–Crippen MR) is 90.7 cm³/mol. The summed E-state index contributed by atoms with van der Waals surface area (Å²) < 4.78 is 5.13. The SMILES string of the molecule is COCC1(C(=O)O)CCCN1CC(=O)N(C)Cc1ccccc1C. The fraction of sp³-hybridized carbons (Fsp3) is 0.556. The van der Waals surface area contributed by atoms with E-state index in [0.717, 1.165) is 17.5 Å². The number of aryl methyl sites for hydroxylation is 1. The van der Waals surface area contributed by atoms with E-state index in [2.05, 4.69) is 0 Å². The van der Waals surface area contributed by atoms with Gasteiger partial charge >= 0.3 is 5.97 Å². The average molecular weight is 334 g/mol. The van der Waals surface area contributed by atoms with Crippen molar-refractivity contribution in [2.45, 2.75) is 31.8 Å². The normalized spacial score (nSPS) is 21.0. The first kappa shape index (κ1) is 18.4. The molecule has 0 spiro atoms. The lowest BCUT2D eigenvalue weighted by molar-refractivity contribution is -0.154. The van der Waals surface area contributed by atoms with Crippen molar-refractivity contribution in [3.05, 3.63) is 35.4 Å². The zero-order chi connectivity index (χ0) is 17.7. The van der Waals surface area contributed by atoms with Gasteiger partial charge in [-0.25, -0.2) is 0 Å².